The van der Waals surface area contributed by atoms with Crippen molar-refractivity contribution in [2.45, 2.75) is 39.0 Å². The van der Waals surface area contributed by atoms with Gasteiger partial charge in [0.15, 0.2) is 0 Å². The molecule has 1 aromatic heterocycles. The van der Waals surface area contributed by atoms with Crippen molar-refractivity contribution >= 4 is 22.2 Å². The third-order valence-corrected chi connectivity index (χ3v) is 5.70. The highest BCUT2D eigenvalue weighted by atomic mass is 32.1. The molecule has 1 aliphatic carbocycles. The smallest absolute Gasteiger partial charge is 0.229 e. The molecule has 0 bridgehead atoms. The van der Waals surface area contributed by atoms with Gasteiger partial charge in [-0.15, -0.1) is 11.3 Å². The quantitative estimate of drug-likeness (QED) is 0.883. The summed E-state index contributed by atoms with van der Waals surface area (Å²) in [6.45, 7) is 3.99. The van der Waals surface area contributed by atoms with E-state index in [4.69, 9.17) is 0 Å². The number of rotatable bonds is 2. The van der Waals surface area contributed by atoms with Crippen LogP contribution in [0.5, 0.6) is 0 Å². The van der Waals surface area contributed by atoms with Gasteiger partial charge < -0.3 is 10.6 Å². The molecule has 5 heteroatoms. The van der Waals surface area contributed by atoms with Crippen molar-refractivity contribution in [2.75, 3.05) is 18.4 Å². The Hall–Kier alpha value is -1.38. The van der Waals surface area contributed by atoms with Gasteiger partial charge in [0.1, 0.15) is 11.1 Å². The highest BCUT2D eigenvalue weighted by molar-refractivity contribution is 7.16. The molecule has 0 saturated carbocycles. The molecule has 4 nitrogen and oxygen atoms in total. The number of hydrogen-bond donors (Lipinski definition) is 2. The minimum atomic E-state index is 0.0309. The zero-order chi connectivity index (χ0) is 14.8. The average molecular weight is 303 g/mol. The van der Waals surface area contributed by atoms with Crippen LogP contribution in [0.2, 0.25) is 0 Å². The lowest BCUT2D eigenvalue weighted by Crippen LogP contribution is -2.37. The monoisotopic (exact) mass is 303 g/mol. The maximum Gasteiger partial charge on any atom is 0.229 e. The van der Waals surface area contributed by atoms with Crippen molar-refractivity contribution in [3.63, 3.8) is 0 Å². The Balaban J connectivity index is 1.79. The number of nitrogens with zero attached hydrogens (tertiary/aromatic N) is 1. The fourth-order valence-corrected chi connectivity index (χ4v) is 4.61. The van der Waals surface area contributed by atoms with Crippen LogP contribution in [-0.2, 0) is 17.6 Å². The molecule has 1 saturated heterocycles. The molecular formula is C16H21N3OS. The van der Waals surface area contributed by atoms with E-state index in [0.717, 1.165) is 50.2 Å². The minimum absolute atomic E-state index is 0.0309. The number of carbonyl (C=O) groups is 1. The highest BCUT2D eigenvalue weighted by Gasteiger charge is 2.27. The van der Waals surface area contributed by atoms with Gasteiger partial charge >= 0.3 is 0 Å². The molecule has 2 atom stereocenters. The van der Waals surface area contributed by atoms with Gasteiger partial charge in [0.2, 0.25) is 5.91 Å². The Labute approximate surface area is 129 Å². The molecule has 1 amide bonds. The Morgan fingerprint density at radius 2 is 2.33 bits per heavy atom. The summed E-state index contributed by atoms with van der Waals surface area (Å²) in [7, 11) is 0. The first kappa shape index (κ1) is 14.6. The van der Waals surface area contributed by atoms with Crippen molar-refractivity contribution < 1.29 is 4.79 Å². The number of anilines is 1. The van der Waals surface area contributed by atoms with Gasteiger partial charge in [0, 0.05) is 11.4 Å². The second kappa shape index (κ2) is 6.17. The summed E-state index contributed by atoms with van der Waals surface area (Å²) < 4.78 is 0. The van der Waals surface area contributed by atoms with Gasteiger partial charge in [-0.2, -0.15) is 5.26 Å². The predicted molar refractivity (Wildman–Crippen MR) is 84.4 cm³/mol. The molecule has 21 heavy (non-hydrogen) atoms. The van der Waals surface area contributed by atoms with Crippen LogP contribution in [0.15, 0.2) is 0 Å². The lowest BCUT2D eigenvalue weighted by atomic mass is 9.88. The van der Waals surface area contributed by atoms with Crippen LogP contribution in [0.1, 0.15) is 42.2 Å². The third-order valence-electron chi connectivity index (χ3n) is 4.53. The number of piperidine rings is 1. The summed E-state index contributed by atoms with van der Waals surface area (Å²) in [6, 6.07) is 2.31. The Morgan fingerprint density at radius 1 is 1.48 bits per heavy atom. The molecule has 1 aliphatic heterocycles. The fraction of sp³-hybridized carbons (Fsp3) is 0.625. The van der Waals surface area contributed by atoms with Crippen LogP contribution < -0.4 is 10.6 Å². The molecule has 0 spiro atoms. The lowest BCUT2D eigenvalue weighted by Gasteiger charge is -2.21. The third kappa shape index (κ3) is 2.97. The molecule has 0 radical (unpaired) electrons. The molecule has 1 aromatic rings. The number of nitrogens with one attached hydrogen (secondary N) is 2. The number of thiophene rings is 1. The first-order chi connectivity index (χ1) is 10.2. The van der Waals surface area contributed by atoms with E-state index < -0.39 is 0 Å². The topological polar surface area (TPSA) is 64.9 Å². The molecule has 3 rings (SSSR count). The summed E-state index contributed by atoms with van der Waals surface area (Å²) in [5.41, 5.74) is 1.89. The van der Waals surface area contributed by atoms with Crippen LogP contribution >= 0.6 is 11.3 Å². The van der Waals surface area contributed by atoms with E-state index in [2.05, 4.69) is 23.6 Å². The number of hydrogen-bond acceptors (Lipinski definition) is 4. The van der Waals surface area contributed by atoms with E-state index in [1.807, 2.05) is 0 Å². The zero-order valence-corrected chi connectivity index (χ0v) is 13.2. The van der Waals surface area contributed by atoms with E-state index in [0.29, 0.717) is 11.5 Å². The standard InChI is InChI=1S/C16H21N3OS/c1-10-4-5-12-13(8-17)16(21-14(12)7-10)19-15(20)11-3-2-6-18-9-11/h10-11,18H,2-7,9H2,1H3,(H,19,20)/t10?,11-/m1/s1. The second-order valence-electron chi connectivity index (χ2n) is 6.20. The number of nitriles is 1. The van der Waals surface area contributed by atoms with Gasteiger partial charge in [-0.25, -0.2) is 0 Å². The summed E-state index contributed by atoms with van der Waals surface area (Å²) in [5.74, 6) is 0.766. The number of carbonyl (C=O) groups excluding carboxylic acids is 1. The zero-order valence-electron chi connectivity index (χ0n) is 12.4. The largest absolute Gasteiger partial charge is 0.316 e. The van der Waals surface area contributed by atoms with Crippen molar-refractivity contribution in [2.24, 2.45) is 11.8 Å². The summed E-state index contributed by atoms with van der Waals surface area (Å²) in [6.07, 6.45) is 5.12. The normalized spacial score (nSPS) is 25.0. The van der Waals surface area contributed by atoms with E-state index >= 15 is 0 Å². The predicted octanol–water partition coefficient (Wildman–Crippen LogP) is 2.68. The second-order valence-corrected chi connectivity index (χ2v) is 7.31. The van der Waals surface area contributed by atoms with Crippen LogP contribution in [0.3, 0.4) is 0 Å². The maximum absolute atomic E-state index is 12.4. The SMILES string of the molecule is CC1CCc2c(sc(NC(=O)[C@@H]3CCCNC3)c2C#N)C1. The first-order valence-corrected chi connectivity index (χ1v) is 8.57. The van der Waals surface area contributed by atoms with Crippen LogP contribution in [-0.4, -0.2) is 19.0 Å². The van der Waals surface area contributed by atoms with Gasteiger partial charge in [0.25, 0.3) is 0 Å². The van der Waals surface area contributed by atoms with Crippen molar-refractivity contribution in [3.8, 4) is 6.07 Å². The number of amides is 1. The van der Waals surface area contributed by atoms with Crippen LogP contribution in [0.4, 0.5) is 5.00 Å². The van der Waals surface area contributed by atoms with Crippen LogP contribution in [0, 0.1) is 23.2 Å². The van der Waals surface area contributed by atoms with E-state index in [1.165, 1.54) is 10.4 Å². The first-order valence-electron chi connectivity index (χ1n) is 7.75. The molecule has 0 aromatic carbocycles. The van der Waals surface area contributed by atoms with Crippen molar-refractivity contribution in [3.05, 3.63) is 16.0 Å². The Kier molecular flexibility index (Phi) is 4.27. The maximum atomic E-state index is 12.4. The molecule has 1 fully saturated rings. The fourth-order valence-electron chi connectivity index (χ4n) is 3.25. The Morgan fingerprint density at radius 3 is 3.05 bits per heavy atom. The molecule has 2 heterocycles. The molecular weight excluding hydrogens is 282 g/mol. The van der Waals surface area contributed by atoms with E-state index in [9.17, 15) is 10.1 Å². The van der Waals surface area contributed by atoms with Gasteiger partial charge in [0.05, 0.1) is 11.5 Å². The summed E-state index contributed by atoms with van der Waals surface area (Å²) >= 11 is 1.61. The molecule has 1 unspecified atom stereocenters. The Bertz CT molecular complexity index is 581. The molecule has 112 valence electrons. The lowest BCUT2D eigenvalue weighted by molar-refractivity contribution is -0.120. The van der Waals surface area contributed by atoms with Gasteiger partial charge in [-0.3, -0.25) is 4.79 Å². The molecule has 2 N–H and O–H groups in total. The van der Waals surface area contributed by atoms with Crippen LogP contribution in [0.25, 0.3) is 0 Å². The highest BCUT2D eigenvalue weighted by Crippen LogP contribution is 2.39. The molecule has 2 aliphatic rings. The number of fused-ring (bicyclic) bond motifs is 1. The van der Waals surface area contributed by atoms with E-state index in [1.54, 1.807) is 11.3 Å². The minimum Gasteiger partial charge on any atom is -0.316 e. The summed E-state index contributed by atoms with van der Waals surface area (Å²) in [5, 5.41) is 16.5. The van der Waals surface area contributed by atoms with Crippen molar-refractivity contribution in [1.29, 1.82) is 5.26 Å². The average Bonchev–Trinajstić information content (AvgIpc) is 2.84. The van der Waals surface area contributed by atoms with E-state index in [-0.39, 0.29) is 11.8 Å². The van der Waals surface area contributed by atoms with Gasteiger partial charge in [-0.05, 0) is 50.1 Å². The van der Waals surface area contributed by atoms with Crippen molar-refractivity contribution in [1.82, 2.24) is 5.32 Å². The summed E-state index contributed by atoms with van der Waals surface area (Å²) in [4.78, 5) is 13.7. The van der Waals surface area contributed by atoms with Gasteiger partial charge in [-0.1, -0.05) is 6.92 Å².